The van der Waals surface area contributed by atoms with E-state index in [0.717, 1.165) is 36.7 Å². The van der Waals surface area contributed by atoms with Gasteiger partial charge in [0, 0.05) is 17.7 Å². The molecule has 0 saturated carbocycles. The summed E-state index contributed by atoms with van der Waals surface area (Å²) in [6.07, 6.45) is -0.190. The molecule has 1 heterocycles. The van der Waals surface area contributed by atoms with Crippen molar-refractivity contribution in [2.24, 2.45) is 0 Å². The van der Waals surface area contributed by atoms with Gasteiger partial charge in [0.15, 0.2) is 0 Å². The fraction of sp³-hybridized carbons (Fsp3) is 0.333. The summed E-state index contributed by atoms with van der Waals surface area (Å²) in [5.74, 6) is 0.873. The van der Waals surface area contributed by atoms with Gasteiger partial charge in [-0.05, 0) is 31.0 Å². The average molecular weight is 281 g/mol. The molecule has 0 fully saturated rings. The van der Waals surface area contributed by atoms with Crippen molar-refractivity contribution in [3.8, 4) is 0 Å². The molecule has 20 heavy (non-hydrogen) atoms. The zero-order valence-corrected chi connectivity index (χ0v) is 10.7. The SMILES string of the molecule is FC(F)(F)c1ccccc1NC1CCCc2occc21. The molecule has 0 bridgehead atoms. The second-order valence-corrected chi connectivity index (χ2v) is 4.93. The third kappa shape index (κ3) is 2.40. The number of para-hydroxylation sites is 1. The molecule has 5 heteroatoms. The Labute approximate surface area is 114 Å². The number of hydrogen-bond acceptors (Lipinski definition) is 2. The number of aryl methyl sites for hydroxylation is 1. The standard InChI is InChI=1S/C15H14F3NO/c16-15(17,18)11-4-1-2-5-13(11)19-12-6-3-7-14-10(12)8-9-20-14/h1-2,4-5,8-9,12,19H,3,6-7H2. The molecular formula is C15H14F3NO. The summed E-state index contributed by atoms with van der Waals surface area (Å²) in [5.41, 5.74) is 0.461. The van der Waals surface area contributed by atoms with Gasteiger partial charge in [0.25, 0.3) is 0 Å². The van der Waals surface area contributed by atoms with Crippen LogP contribution in [0.3, 0.4) is 0 Å². The molecule has 0 aliphatic heterocycles. The van der Waals surface area contributed by atoms with Crippen molar-refractivity contribution in [3.05, 3.63) is 53.5 Å². The third-order valence-corrected chi connectivity index (χ3v) is 3.61. The highest BCUT2D eigenvalue weighted by Crippen LogP contribution is 2.38. The first-order valence-corrected chi connectivity index (χ1v) is 6.55. The van der Waals surface area contributed by atoms with Gasteiger partial charge in [-0.15, -0.1) is 0 Å². The lowest BCUT2D eigenvalue weighted by Crippen LogP contribution is -2.18. The minimum absolute atomic E-state index is 0.124. The first kappa shape index (κ1) is 13.1. The van der Waals surface area contributed by atoms with Gasteiger partial charge in [-0.3, -0.25) is 0 Å². The maximum atomic E-state index is 13.0. The molecule has 1 aliphatic carbocycles. The number of benzene rings is 1. The zero-order chi connectivity index (χ0) is 14.2. The summed E-state index contributed by atoms with van der Waals surface area (Å²) in [6.45, 7) is 0. The molecular weight excluding hydrogens is 267 g/mol. The fourth-order valence-electron chi connectivity index (χ4n) is 2.68. The highest BCUT2D eigenvalue weighted by Gasteiger charge is 2.34. The molecule has 2 aromatic rings. The molecule has 106 valence electrons. The second kappa shape index (κ2) is 4.89. The second-order valence-electron chi connectivity index (χ2n) is 4.93. The topological polar surface area (TPSA) is 25.2 Å². The van der Waals surface area contributed by atoms with Gasteiger partial charge < -0.3 is 9.73 Å². The highest BCUT2D eigenvalue weighted by molar-refractivity contribution is 5.54. The van der Waals surface area contributed by atoms with E-state index in [9.17, 15) is 13.2 Å². The number of nitrogens with one attached hydrogen (secondary N) is 1. The maximum absolute atomic E-state index is 13.0. The summed E-state index contributed by atoms with van der Waals surface area (Å²) >= 11 is 0. The van der Waals surface area contributed by atoms with Gasteiger partial charge in [0.2, 0.25) is 0 Å². The first-order valence-electron chi connectivity index (χ1n) is 6.55. The molecule has 1 unspecified atom stereocenters. The van der Waals surface area contributed by atoms with Crippen molar-refractivity contribution in [3.63, 3.8) is 0 Å². The van der Waals surface area contributed by atoms with Crippen LogP contribution in [0, 0.1) is 0 Å². The molecule has 0 radical (unpaired) electrons. The molecule has 0 spiro atoms. The monoisotopic (exact) mass is 281 g/mol. The van der Waals surface area contributed by atoms with Crippen molar-refractivity contribution in [1.29, 1.82) is 0 Å². The fourth-order valence-corrected chi connectivity index (χ4v) is 2.68. The molecule has 3 rings (SSSR count). The Hall–Kier alpha value is -1.91. The van der Waals surface area contributed by atoms with Gasteiger partial charge in [-0.2, -0.15) is 13.2 Å². The normalized spacial score (nSPS) is 18.6. The number of hydrogen-bond donors (Lipinski definition) is 1. The maximum Gasteiger partial charge on any atom is 0.418 e. The van der Waals surface area contributed by atoms with E-state index in [1.165, 1.54) is 12.1 Å². The van der Waals surface area contributed by atoms with Crippen LogP contribution >= 0.6 is 0 Å². The van der Waals surface area contributed by atoms with Crippen molar-refractivity contribution >= 4 is 5.69 Å². The van der Waals surface area contributed by atoms with E-state index in [4.69, 9.17) is 4.42 Å². The number of furan rings is 1. The minimum atomic E-state index is -4.35. The largest absolute Gasteiger partial charge is 0.469 e. The van der Waals surface area contributed by atoms with Gasteiger partial charge in [0.1, 0.15) is 5.76 Å². The van der Waals surface area contributed by atoms with Crippen molar-refractivity contribution < 1.29 is 17.6 Å². The third-order valence-electron chi connectivity index (χ3n) is 3.61. The summed E-state index contributed by atoms with van der Waals surface area (Å²) in [7, 11) is 0. The van der Waals surface area contributed by atoms with Crippen LogP contribution in [0.4, 0.5) is 18.9 Å². The number of halogens is 3. The van der Waals surface area contributed by atoms with E-state index in [2.05, 4.69) is 5.32 Å². The van der Waals surface area contributed by atoms with Crippen LogP contribution in [0.25, 0.3) is 0 Å². The van der Waals surface area contributed by atoms with Gasteiger partial charge in [0.05, 0.1) is 17.9 Å². The van der Waals surface area contributed by atoms with E-state index in [1.807, 2.05) is 6.07 Å². The predicted molar refractivity (Wildman–Crippen MR) is 69.5 cm³/mol. The van der Waals surface area contributed by atoms with Crippen LogP contribution in [0.15, 0.2) is 41.0 Å². The van der Waals surface area contributed by atoms with E-state index < -0.39 is 11.7 Å². The average Bonchev–Trinajstić information content (AvgIpc) is 2.87. The molecule has 1 aromatic carbocycles. The molecule has 0 amide bonds. The summed E-state index contributed by atoms with van der Waals surface area (Å²) in [4.78, 5) is 0. The Kier molecular flexibility index (Phi) is 3.20. The quantitative estimate of drug-likeness (QED) is 0.856. The molecule has 1 aromatic heterocycles. The minimum Gasteiger partial charge on any atom is -0.469 e. The van der Waals surface area contributed by atoms with Crippen molar-refractivity contribution in [2.75, 3.05) is 5.32 Å². The predicted octanol–water partition coefficient (Wildman–Crippen LogP) is 4.79. The van der Waals surface area contributed by atoms with Crippen molar-refractivity contribution in [2.45, 2.75) is 31.5 Å². The van der Waals surface area contributed by atoms with Crippen LogP contribution in [0.1, 0.15) is 35.8 Å². The van der Waals surface area contributed by atoms with Crippen LogP contribution in [-0.4, -0.2) is 0 Å². The van der Waals surface area contributed by atoms with Gasteiger partial charge in [-0.1, -0.05) is 12.1 Å². The smallest absolute Gasteiger partial charge is 0.418 e. The molecule has 0 saturated heterocycles. The Morgan fingerprint density at radius 2 is 1.95 bits per heavy atom. The molecule has 1 aliphatic rings. The molecule has 1 N–H and O–H groups in total. The Morgan fingerprint density at radius 1 is 1.15 bits per heavy atom. The first-order chi connectivity index (χ1) is 9.55. The van der Waals surface area contributed by atoms with Crippen LogP contribution in [0.2, 0.25) is 0 Å². The van der Waals surface area contributed by atoms with Crippen molar-refractivity contribution in [1.82, 2.24) is 0 Å². The van der Waals surface area contributed by atoms with Gasteiger partial charge >= 0.3 is 6.18 Å². The number of fused-ring (bicyclic) bond motifs is 1. The van der Waals surface area contributed by atoms with E-state index >= 15 is 0 Å². The molecule has 1 atom stereocenters. The molecule has 2 nitrogen and oxygen atoms in total. The lowest BCUT2D eigenvalue weighted by atomic mass is 9.93. The summed E-state index contributed by atoms with van der Waals surface area (Å²) in [6, 6.07) is 7.29. The summed E-state index contributed by atoms with van der Waals surface area (Å²) in [5, 5.41) is 3.02. The Bertz CT molecular complexity index is 603. The number of anilines is 1. The Balaban J connectivity index is 1.91. The zero-order valence-electron chi connectivity index (χ0n) is 10.7. The lowest BCUT2D eigenvalue weighted by Gasteiger charge is -2.25. The Morgan fingerprint density at radius 3 is 2.75 bits per heavy atom. The van der Waals surface area contributed by atoms with E-state index in [-0.39, 0.29) is 11.7 Å². The number of rotatable bonds is 2. The highest BCUT2D eigenvalue weighted by atomic mass is 19.4. The summed E-state index contributed by atoms with van der Waals surface area (Å²) < 4.78 is 44.3. The van der Waals surface area contributed by atoms with Crippen LogP contribution < -0.4 is 5.32 Å². The van der Waals surface area contributed by atoms with Gasteiger partial charge in [-0.25, -0.2) is 0 Å². The lowest BCUT2D eigenvalue weighted by molar-refractivity contribution is -0.137. The van der Waals surface area contributed by atoms with E-state index in [1.54, 1.807) is 12.3 Å². The van der Waals surface area contributed by atoms with Crippen LogP contribution in [0.5, 0.6) is 0 Å². The number of alkyl halides is 3. The van der Waals surface area contributed by atoms with E-state index in [0.29, 0.717) is 0 Å². The van der Waals surface area contributed by atoms with Crippen LogP contribution in [-0.2, 0) is 12.6 Å².